The van der Waals surface area contributed by atoms with Gasteiger partial charge in [0.1, 0.15) is 0 Å². The van der Waals surface area contributed by atoms with Gasteiger partial charge in [-0.05, 0) is 37.3 Å². The molecule has 4 nitrogen and oxygen atoms in total. The van der Waals surface area contributed by atoms with Crippen LogP contribution < -0.4 is 10.9 Å². The van der Waals surface area contributed by atoms with Crippen molar-refractivity contribution in [2.24, 2.45) is 13.0 Å². The number of nitrogens with zero attached hydrogens (tertiary/aromatic N) is 1. The number of aryl methyl sites for hydroxylation is 2. The fraction of sp³-hybridized carbons (Fsp3) is 0.333. The van der Waals surface area contributed by atoms with E-state index in [1.807, 2.05) is 6.92 Å². The van der Waals surface area contributed by atoms with Crippen molar-refractivity contribution in [1.29, 1.82) is 0 Å². The topological polar surface area (TPSA) is 51.1 Å². The summed E-state index contributed by atoms with van der Waals surface area (Å²) in [6.07, 6.45) is 3.89. The van der Waals surface area contributed by atoms with Crippen LogP contribution in [0.2, 0.25) is 0 Å². The summed E-state index contributed by atoms with van der Waals surface area (Å²) in [6.45, 7) is 2.05. The number of benzene rings is 1. The minimum absolute atomic E-state index is 0.0251. The molecule has 1 heterocycles. The molecule has 1 amide bonds. The van der Waals surface area contributed by atoms with Crippen LogP contribution in [-0.2, 0) is 7.05 Å². The predicted octanol–water partition coefficient (Wildman–Crippen LogP) is 2.57. The zero-order valence-corrected chi connectivity index (χ0v) is 12.9. The van der Waals surface area contributed by atoms with E-state index >= 15 is 0 Å². The molecule has 0 saturated heterocycles. The van der Waals surface area contributed by atoms with Crippen molar-refractivity contribution in [3.8, 4) is 0 Å². The summed E-state index contributed by atoms with van der Waals surface area (Å²) in [5.41, 5.74) is 2.58. The second kappa shape index (κ2) is 5.79. The molecule has 1 aromatic carbocycles. The number of pyridine rings is 1. The maximum absolute atomic E-state index is 12.4. The molecule has 3 rings (SSSR count). The second-order valence-electron chi connectivity index (χ2n) is 6.06. The first kappa shape index (κ1) is 14.6. The van der Waals surface area contributed by atoms with Gasteiger partial charge in [0, 0.05) is 24.9 Å². The van der Waals surface area contributed by atoms with Gasteiger partial charge in [0.2, 0.25) is 0 Å². The van der Waals surface area contributed by atoms with Crippen LogP contribution in [0.5, 0.6) is 0 Å². The molecule has 114 valence electrons. The monoisotopic (exact) mass is 296 g/mol. The van der Waals surface area contributed by atoms with Crippen LogP contribution in [0.15, 0.2) is 47.4 Å². The van der Waals surface area contributed by atoms with Gasteiger partial charge in [0.25, 0.3) is 11.5 Å². The zero-order chi connectivity index (χ0) is 15.7. The minimum Gasteiger partial charge on any atom is -0.345 e. The highest BCUT2D eigenvalue weighted by Crippen LogP contribution is 2.41. The van der Waals surface area contributed by atoms with Gasteiger partial charge in [-0.1, -0.05) is 29.8 Å². The Morgan fingerprint density at radius 2 is 1.91 bits per heavy atom. The normalized spacial score (nSPS) is 15.4. The second-order valence-corrected chi connectivity index (χ2v) is 6.06. The molecule has 1 N–H and O–H groups in total. The first-order valence-electron chi connectivity index (χ1n) is 7.59. The Labute approximate surface area is 129 Å². The van der Waals surface area contributed by atoms with Crippen molar-refractivity contribution in [2.45, 2.75) is 25.8 Å². The van der Waals surface area contributed by atoms with Crippen LogP contribution in [0.25, 0.3) is 0 Å². The summed E-state index contributed by atoms with van der Waals surface area (Å²) in [6, 6.07) is 11.4. The summed E-state index contributed by atoms with van der Waals surface area (Å²) in [4.78, 5) is 24.1. The zero-order valence-electron chi connectivity index (χ0n) is 12.9. The lowest BCUT2D eigenvalue weighted by Crippen LogP contribution is -2.31. The average Bonchev–Trinajstić information content (AvgIpc) is 3.33. The number of aromatic nitrogens is 1. The van der Waals surface area contributed by atoms with Crippen molar-refractivity contribution in [3.63, 3.8) is 0 Å². The third-order valence-electron chi connectivity index (χ3n) is 4.18. The van der Waals surface area contributed by atoms with Crippen LogP contribution >= 0.6 is 0 Å². The van der Waals surface area contributed by atoms with Crippen LogP contribution in [0.3, 0.4) is 0 Å². The Kier molecular flexibility index (Phi) is 3.84. The van der Waals surface area contributed by atoms with Gasteiger partial charge in [-0.15, -0.1) is 0 Å². The summed E-state index contributed by atoms with van der Waals surface area (Å²) < 4.78 is 1.45. The Bertz CT molecular complexity index is 742. The molecule has 1 aliphatic rings. The molecule has 1 fully saturated rings. The van der Waals surface area contributed by atoms with E-state index in [0.717, 1.165) is 18.4 Å². The first-order valence-corrected chi connectivity index (χ1v) is 7.59. The van der Waals surface area contributed by atoms with E-state index in [-0.39, 0.29) is 17.5 Å². The Balaban J connectivity index is 1.81. The SMILES string of the molecule is Cc1ccc([C@@H](NC(=O)c2ccn(C)c(=O)c2)C2CC2)cc1. The van der Waals surface area contributed by atoms with Crippen LogP contribution in [0.1, 0.15) is 40.4 Å². The van der Waals surface area contributed by atoms with Crippen LogP contribution in [-0.4, -0.2) is 10.5 Å². The highest BCUT2D eigenvalue weighted by Gasteiger charge is 2.33. The van der Waals surface area contributed by atoms with Crippen molar-refractivity contribution >= 4 is 5.91 Å². The first-order chi connectivity index (χ1) is 10.5. The molecule has 0 radical (unpaired) electrons. The van der Waals surface area contributed by atoms with E-state index in [1.54, 1.807) is 19.3 Å². The van der Waals surface area contributed by atoms with Gasteiger partial charge in [0.05, 0.1) is 6.04 Å². The predicted molar refractivity (Wildman–Crippen MR) is 85.8 cm³/mol. The number of nitrogens with one attached hydrogen (secondary N) is 1. The fourth-order valence-electron chi connectivity index (χ4n) is 2.59. The maximum atomic E-state index is 12.4. The smallest absolute Gasteiger partial charge is 0.252 e. The lowest BCUT2D eigenvalue weighted by Gasteiger charge is -2.19. The van der Waals surface area contributed by atoms with Gasteiger partial charge in [0.15, 0.2) is 0 Å². The number of amides is 1. The molecule has 1 aromatic heterocycles. The third kappa shape index (κ3) is 3.11. The van der Waals surface area contributed by atoms with Crippen molar-refractivity contribution < 1.29 is 4.79 Å². The number of carbonyl (C=O) groups excluding carboxylic acids is 1. The number of rotatable bonds is 4. The fourth-order valence-corrected chi connectivity index (χ4v) is 2.59. The Hall–Kier alpha value is -2.36. The minimum atomic E-state index is -0.185. The van der Waals surface area contributed by atoms with E-state index in [1.165, 1.54) is 16.2 Å². The lowest BCUT2D eigenvalue weighted by molar-refractivity contribution is 0.0931. The number of carbonyl (C=O) groups is 1. The molecule has 0 spiro atoms. The highest BCUT2D eigenvalue weighted by molar-refractivity contribution is 5.94. The molecule has 1 saturated carbocycles. The van der Waals surface area contributed by atoms with E-state index in [4.69, 9.17) is 0 Å². The highest BCUT2D eigenvalue weighted by atomic mass is 16.2. The molecule has 2 aromatic rings. The lowest BCUT2D eigenvalue weighted by atomic mass is 10.0. The van der Waals surface area contributed by atoms with Crippen molar-refractivity contribution in [3.05, 3.63) is 69.6 Å². The van der Waals surface area contributed by atoms with E-state index < -0.39 is 0 Å². The van der Waals surface area contributed by atoms with E-state index in [0.29, 0.717) is 11.5 Å². The van der Waals surface area contributed by atoms with Gasteiger partial charge < -0.3 is 9.88 Å². The van der Waals surface area contributed by atoms with Gasteiger partial charge in [-0.25, -0.2) is 0 Å². The number of hydrogen-bond donors (Lipinski definition) is 1. The Morgan fingerprint density at radius 3 is 2.50 bits per heavy atom. The standard InChI is InChI=1S/C18H20N2O2/c1-12-3-5-13(6-4-12)17(14-7-8-14)19-18(22)15-9-10-20(2)16(21)11-15/h3-6,9-11,14,17H,7-8H2,1-2H3,(H,19,22)/t17-/m1/s1. The molecular weight excluding hydrogens is 276 g/mol. The molecule has 1 aliphatic carbocycles. The van der Waals surface area contributed by atoms with Gasteiger partial charge in [-0.3, -0.25) is 9.59 Å². The van der Waals surface area contributed by atoms with Crippen molar-refractivity contribution in [1.82, 2.24) is 9.88 Å². The molecular formula is C18H20N2O2. The average molecular weight is 296 g/mol. The summed E-state index contributed by atoms with van der Waals surface area (Å²) >= 11 is 0. The number of hydrogen-bond acceptors (Lipinski definition) is 2. The quantitative estimate of drug-likeness (QED) is 0.942. The maximum Gasteiger partial charge on any atom is 0.252 e. The summed E-state index contributed by atoms with van der Waals surface area (Å²) in [7, 11) is 1.67. The molecule has 4 heteroatoms. The van der Waals surface area contributed by atoms with E-state index in [9.17, 15) is 9.59 Å². The van der Waals surface area contributed by atoms with Crippen LogP contribution in [0, 0.1) is 12.8 Å². The van der Waals surface area contributed by atoms with Gasteiger partial charge >= 0.3 is 0 Å². The third-order valence-corrected chi connectivity index (χ3v) is 4.18. The van der Waals surface area contributed by atoms with Crippen molar-refractivity contribution in [2.75, 3.05) is 0 Å². The van der Waals surface area contributed by atoms with E-state index in [2.05, 4.69) is 29.6 Å². The molecule has 0 bridgehead atoms. The summed E-state index contributed by atoms with van der Waals surface area (Å²) in [5, 5.41) is 3.09. The molecule has 1 atom stereocenters. The van der Waals surface area contributed by atoms with Crippen LogP contribution in [0.4, 0.5) is 0 Å². The summed E-state index contributed by atoms with van der Waals surface area (Å²) in [5.74, 6) is 0.313. The molecule has 0 unspecified atom stereocenters. The van der Waals surface area contributed by atoms with Gasteiger partial charge in [-0.2, -0.15) is 0 Å². The molecule has 22 heavy (non-hydrogen) atoms. The Morgan fingerprint density at radius 1 is 1.23 bits per heavy atom. The molecule has 0 aliphatic heterocycles. The largest absolute Gasteiger partial charge is 0.345 e.